The summed E-state index contributed by atoms with van der Waals surface area (Å²) in [5.41, 5.74) is 1.33. The van der Waals surface area contributed by atoms with Crippen molar-refractivity contribution in [3.8, 4) is 0 Å². The summed E-state index contributed by atoms with van der Waals surface area (Å²) in [7, 11) is 0. The molecule has 5 heteroatoms. The molecule has 0 aromatic heterocycles. The van der Waals surface area contributed by atoms with Crippen molar-refractivity contribution in [1.82, 2.24) is 4.90 Å². The van der Waals surface area contributed by atoms with Gasteiger partial charge >= 0.3 is 5.97 Å². The zero-order valence-electron chi connectivity index (χ0n) is 12.7. The smallest absolute Gasteiger partial charge is 0.338 e. The number of nitrogens with zero attached hydrogens (tertiary/aromatic N) is 1. The molecule has 2 unspecified atom stereocenters. The number of rotatable bonds is 3. The predicted octanol–water partition coefficient (Wildman–Crippen LogP) is 1.79. The number of hydrogen-bond donors (Lipinski definition) is 0. The molecule has 21 heavy (non-hydrogen) atoms. The summed E-state index contributed by atoms with van der Waals surface area (Å²) in [4.78, 5) is 25.8. The molecule has 1 aliphatic rings. The van der Waals surface area contributed by atoms with Crippen LogP contribution < -0.4 is 0 Å². The van der Waals surface area contributed by atoms with Crippen molar-refractivity contribution in [2.45, 2.75) is 33.0 Å². The van der Waals surface area contributed by atoms with E-state index in [2.05, 4.69) is 0 Å². The van der Waals surface area contributed by atoms with Gasteiger partial charge in [0.1, 0.15) is 0 Å². The second kappa shape index (κ2) is 6.72. The fourth-order valence-electron chi connectivity index (χ4n) is 2.48. The van der Waals surface area contributed by atoms with Crippen molar-refractivity contribution in [3.63, 3.8) is 0 Å². The summed E-state index contributed by atoms with van der Waals surface area (Å²) >= 11 is 0. The van der Waals surface area contributed by atoms with Crippen LogP contribution in [-0.4, -0.2) is 48.7 Å². The lowest BCUT2D eigenvalue weighted by Crippen LogP contribution is -2.49. The summed E-state index contributed by atoms with van der Waals surface area (Å²) in [5, 5.41) is 0. The molecule has 1 aromatic carbocycles. The van der Waals surface area contributed by atoms with Gasteiger partial charge in [-0.3, -0.25) is 4.79 Å². The van der Waals surface area contributed by atoms with E-state index in [4.69, 9.17) is 9.47 Å². The number of aryl methyl sites for hydroxylation is 1. The van der Waals surface area contributed by atoms with Crippen LogP contribution in [0.5, 0.6) is 0 Å². The third kappa shape index (κ3) is 4.04. The lowest BCUT2D eigenvalue weighted by molar-refractivity contribution is -0.146. The van der Waals surface area contributed by atoms with Gasteiger partial charge in [0.15, 0.2) is 6.61 Å². The molecule has 0 aliphatic carbocycles. The molecule has 0 N–H and O–H groups in total. The molecule has 0 saturated carbocycles. The Hall–Kier alpha value is -1.88. The van der Waals surface area contributed by atoms with Crippen molar-refractivity contribution in [1.29, 1.82) is 0 Å². The molecular weight excluding hydrogens is 270 g/mol. The third-order valence-electron chi connectivity index (χ3n) is 3.46. The number of morpholine rings is 1. The van der Waals surface area contributed by atoms with Crippen LogP contribution in [-0.2, 0) is 14.3 Å². The van der Waals surface area contributed by atoms with Gasteiger partial charge in [0, 0.05) is 13.1 Å². The Morgan fingerprint density at radius 2 is 1.86 bits per heavy atom. The van der Waals surface area contributed by atoms with Crippen molar-refractivity contribution in [2.24, 2.45) is 0 Å². The lowest BCUT2D eigenvalue weighted by atomic mass is 10.1. The largest absolute Gasteiger partial charge is 0.452 e. The van der Waals surface area contributed by atoms with Gasteiger partial charge in [0.25, 0.3) is 5.91 Å². The van der Waals surface area contributed by atoms with Gasteiger partial charge in [-0.25, -0.2) is 4.79 Å². The summed E-state index contributed by atoms with van der Waals surface area (Å²) < 4.78 is 10.7. The first kappa shape index (κ1) is 15.5. The van der Waals surface area contributed by atoms with Gasteiger partial charge in [-0.1, -0.05) is 18.2 Å². The number of carbonyl (C=O) groups is 2. The molecule has 1 aromatic rings. The Morgan fingerprint density at radius 3 is 2.48 bits per heavy atom. The van der Waals surface area contributed by atoms with E-state index in [9.17, 15) is 9.59 Å². The third-order valence-corrected chi connectivity index (χ3v) is 3.46. The Morgan fingerprint density at radius 1 is 1.24 bits per heavy atom. The number of carbonyl (C=O) groups excluding carboxylic acids is 2. The average Bonchev–Trinajstić information content (AvgIpc) is 2.43. The SMILES string of the molecule is Cc1ccccc1C(=O)OCC(=O)N1CC(C)OC(C)C1. The molecule has 5 nitrogen and oxygen atoms in total. The number of esters is 1. The van der Waals surface area contributed by atoms with Gasteiger partial charge in [-0.2, -0.15) is 0 Å². The highest BCUT2D eigenvalue weighted by molar-refractivity contribution is 5.92. The second-order valence-electron chi connectivity index (χ2n) is 5.45. The standard InChI is InChI=1S/C16H21NO4/c1-11-6-4-5-7-14(11)16(19)20-10-15(18)17-8-12(2)21-13(3)9-17/h4-7,12-13H,8-10H2,1-3H3. The highest BCUT2D eigenvalue weighted by Crippen LogP contribution is 2.12. The van der Waals surface area contributed by atoms with Crippen LogP contribution >= 0.6 is 0 Å². The Balaban J connectivity index is 1.89. The molecule has 1 aliphatic heterocycles. The minimum Gasteiger partial charge on any atom is -0.452 e. The zero-order chi connectivity index (χ0) is 15.4. The van der Waals surface area contributed by atoms with Gasteiger partial charge in [0.05, 0.1) is 17.8 Å². The van der Waals surface area contributed by atoms with E-state index in [0.717, 1.165) is 5.56 Å². The van der Waals surface area contributed by atoms with Crippen LogP contribution in [0.1, 0.15) is 29.8 Å². The Labute approximate surface area is 124 Å². The second-order valence-corrected chi connectivity index (χ2v) is 5.45. The van der Waals surface area contributed by atoms with Crippen molar-refractivity contribution in [2.75, 3.05) is 19.7 Å². The maximum Gasteiger partial charge on any atom is 0.338 e. The zero-order valence-corrected chi connectivity index (χ0v) is 12.7. The van der Waals surface area contributed by atoms with Gasteiger partial charge in [-0.15, -0.1) is 0 Å². The van der Waals surface area contributed by atoms with E-state index >= 15 is 0 Å². The molecule has 114 valence electrons. The molecular formula is C16H21NO4. The Bertz CT molecular complexity index is 519. The molecule has 1 amide bonds. The van der Waals surface area contributed by atoms with Gasteiger partial charge < -0.3 is 14.4 Å². The van der Waals surface area contributed by atoms with Crippen molar-refractivity contribution in [3.05, 3.63) is 35.4 Å². The van der Waals surface area contributed by atoms with E-state index in [-0.39, 0.29) is 24.7 Å². The molecule has 0 radical (unpaired) electrons. The minimum atomic E-state index is -0.462. The van der Waals surface area contributed by atoms with Crippen LogP contribution in [0.4, 0.5) is 0 Å². The van der Waals surface area contributed by atoms with Crippen LogP contribution in [0.15, 0.2) is 24.3 Å². The normalized spacial score (nSPS) is 22.0. The number of hydrogen-bond acceptors (Lipinski definition) is 4. The predicted molar refractivity (Wildman–Crippen MR) is 78.1 cm³/mol. The number of ether oxygens (including phenoxy) is 2. The average molecular weight is 291 g/mol. The van der Waals surface area contributed by atoms with Gasteiger partial charge in [0.2, 0.25) is 0 Å². The molecule has 0 bridgehead atoms. The van der Waals surface area contributed by atoms with Crippen molar-refractivity contribution < 1.29 is 19.1 Å². The van der Waals surface area contributed by atoms with Crippen molar-refractivity contribution >= 4 is 11.9 Å². The Kier molecular flexibility index (Phi) is 4.96. The van der Waals surface area contributed by atoms with Crippen LogP contribution in [0, 0.1) is 6.92 Å². The number of benzene rings is 1. The van der Waals surface area contributed by atoms with E-state index in [1.165, 1.54) is 0 Å². The van der Waals surface area contributed by atoms with Crippen LogP contribution in [0.2, 0.25) is 0 Å². The first-order chi connectivity index (χ1) is 9.97. The van der Waals surface area contributed by atoms with Gasteiger partial charge in [-0.05, 0) is 32.4 Å². The molecule has 2 atom stereocenters. The molecule has 1 heterocycles. The first-order valence-electron chi connectivity index (χ1n) is 7.13. The van der Waals surface area contributed by atoms with Crippen LogP contribution in [0.25, 0.3) is 0 Å². The fourth-order valence-corrected chi connectivity index (χ4v) is 2.48. The summed E-state index contributed by atoms with van der Waals surface area (Å²) in [6, 6.07) is 7.16. The van der Waals surface area contributed by atoms with E-state index in [0.29, 0.717) is 18.7 Å². The number of amides is 1. The topological polar surface area (TPSA) is 55.8 Å². The monoisotopic (exact) mass is 291 g/mol. The van der Waals surface area contributed by atoms with E-state index in [1.54, 1.807) is 17.0 Å². The minimum absolute atomic E-state index is 0.00442. The van der Waals surface area contributed by atoms with E-state index in [1.807, 2.05) is 32.9 Å². The lowest BCUT2D eigenvalue weighted by Gasteiger charge is -2.35. The van der Waals surface area contributed by atoms with E-state index < -0.39 is 5.97 Å². The fraction of sp³-hybridized carbons (Fsp3) is 0.500. The summed E-state index contributed by atoms with van der Waals surface area (Å²) in [6.07, 6.45) is 0.00883. The summed E-state index contributed by atoms with van der Waals surface area (Å²) in [6.45, 7) is 6.52. The highest BCUT2D eigenvalue weighted by atomic mass is 16.5. The summed E-state index contributed by atoms with van der Waals surface area (Å²) in [5.74, 6) is -0.644. The first-order valence-corrected chi connectivity index (χ1v) is 7.13. The quantitative estimate of drug-likeness (QED) is 0.797. The molecule has 2 rings (SSSR count). The maximum absolute atomic E-state index is 12.1. The highest BCUT2D eigenvalue weighted by Gasteiger charge is 2.26. The molecule has 0 spiro atoms. The molecule has 1 saturated heterocycles. The van der Waals surface area contributed by atoms with Crippen LogP contribution in [0.3, 0.4) is 0 Å². The molecule has 1 fully saturated rings. The maximum atomic E-state index is 12.1.